The van der Waals surface area contributed by atoms with Gasteiger partial charge in [0.15, 0.2) is 11.5 Å². The Morgan fingerprint density at radius 3 is 3.04 bits per heavy atom. The average molecular weight is 363 g/mol. The summed E-state index contributed by atoms with van der Waals surface area (Å²) in [4.78, 5) is 4.49. The van der Waals surface area contributed by atoms with Gasteiger partial charge < -0.3 is 14.0 Å². The van der Waals surface area contributed by atoms with Crippen LogP contribution in [0.25, 0.3) is 0 Å². The third-order valence-corrected chi connectivity index (χ3v) is 6.61. The predicted molar refractivity (Wildman–Crippen MR) is 91.3 cm³/mol. The Morgan fingerprint density at radius 1 is 1.32 bits per heavy atom. The van der Waals surface area contributed by atoms with E-state index < -0.39 is 10.0 Å². The molecule has 2 aliphatic rings. The van der Waals surface area contributed by atoms with Gasteiger partial charge in [0, 0.05) is 39.0 Å². The van der Waals surface area contributed by atoms with Crippen molar-refractivity contribution in [3.63, 3.8) is 0 Å². The van der Waals surface area contributed by atoms with Gasteiger partial charge in [0.05, 0.1) is 0 Å². The van der Waals surface area contributed by atoms with Crippen LogP contribution in [0.3, 0.4) is 0 Å². The van der Waals surface area contributed by atoms with Gasteiger partial charge in [0.1, 0.15) is 23.9 Å². The second-order valence-electron chi connectivity index (χ2n) is 6.47. The van der Waals surface area contributed by atoms with E-state index in [9.17, 15) is 8.42 Å². The van der Waals surface area contributed by atoms with Crippen molar-refractivity contribution in [2.45, 2.75) is 24.3 Å². The maximum absolute atomic E-state index is 13.0. The Kier molecular flexibility index (Phi) is 4.16. The molecule has 4 rings (SSSR count). The number of hydrogen-bond donors (Lipinski definition) is 0. The Labute approximate surface area is 147 Å². The van der Waals surface area contributed by atoms with Crippen LogP contribution in [0.2, 0.25) is 0 Å². The first-order valence-electron chi connectivity index (χ1n) is 8.40. The number of fused-ring (bicyclic) bond motifs is 2. The summed E-state index contributed by atoms with van der Waals surface area (Å²) in [6, 6.07) is 5.00. The molecule has 1 atom stereocenters. The SMILES string of the molecule is CN(CC1CCc2nccn2C1)S(=O)(=O)c1cccc2c1OCCO2. The Balaban J connectivity index is 1.55. The molecular formula is C17H21N3O4S. The van der Waals surface area contributed by atoms with Crippen LogP contribution in [-0.2, 0) is 23.0 Å². The number of hydrogen-bond acceptors (Lipinski definition) is 5. The fourth-order valence-corrected chi connectivity index (χ4v) is 4.85. The molecule has 0 bridgehead atoms. The normalized spacial score (nSPS) is 19.7. The van der Waals surface area contributed by atoms with Crippen LogP contribution in [-0.4, -0.2) is 49.1 Å². The Bertz CT molecular complexity index is 878. The highest BCUT2D eigenvalue weighted by Gasteiger charge is 2.31. The minimum atomic E-state index is -3.64. The monoisotopic (exact) mass is 363 g/mol. The maximum Gasteiger partial charge on any atom is 0.246 e. The van der Waals surface area contributed by atoms with Crippen LogP contribution < -0.4 is 9.47 Å². The molecule has 0 aliphatic carbocycles. The minimum absolute atomic E-state index is 0.173. The molecule has 25 heavy (non-hydrogen) atoms. The number of nitrogens with zero attached hydrogens (tertiary/aromatic N) is 3. The number of benzene rings is 1. The van der Waals surface area contributed by atoms with Crippen molar-refractivity contribution in [2.75, 3.05) is 26.8 Å². The number of para-hydroxylation sites is 1. The van der Waals surface area contributed by atoms with Crippen LogP contribution in [0.15, 0.2) is 35.5 Å². The first-order chi connectivity index (χ1) is 12.1. The highest BCUT2D eigenvalue weighted by Crippen LogP contribution is 2.37. The highest BCUT2D eigenvalue weighted by atomic mass is 32.2. The zero-order chi connectivity index (χ0) is 17.4. The van der Waals surface area contributed by atoms with Crippen LogP contribution in [0.1, 0.15) is 12.2 Å². The van der Waals surface area contributed by atoms with Gasteiger partial charge in [-0.2, -0.15) is 0 Å². The van der Waals surface area contributed by atoms with Crippen LogP contribution in [0.5, 0.6) is 11.5 Å². The van der Waals surface area contributed by atoms with Gasteiger partial charge in [-0.15, -0.1) is 0 Å². The summed E-state index contributed by atoms with van der Waals surface area (Å²) in [6.45, 7) is 2.04. The number of imidazole rings is 1. The molecule has 1 aromatic carbocycles. The summed E-state index contributed by atoms with van der Waals surface area (Å²) in [6.07, 6.45) is 5.56. The van der Waals surface area contributed by atoms with Gasteiger partial charge in [-0.25, -0.2) is 17.7 Å². The molecule has 0 radical (unpaired) electrons. The van der Waals surface area contributed by atoms with Gasteiger partial charge in [0.25, 0.3) is 0 Å². The van der Waals surface area contributed by atoms with Crippen molar-refractivity contribution < 1.29 is 17.9 Å². The van der Waals surface area contributed by atoms with Gasteiger partial charge in [0.2, 0.25) is 10.0 Å². The van der Waals surface area contributed by atoms with Crippen molar-refractivity contribution in [3.8, 4) is 11.5 Å². The van der Waals surface area contributed by atoms with E-state index in [1.165, 1.54) is 4.31 Å². The third kappa shape index (κ3) is 3.00. The summed E-state index contributed by atoms with van der Waals surface area (Å²) < 4.78 is 40.7. The Hall–Kier alpha value is -2.06. The van der Waals surface area contributed by atoms with Crippen LogP contribution in [0, 0.1) is 5.92 Å². The van der Waals surface area contributed by atoms with E-state index in [4.69, 9.17) is 9.47 Å². The van der Waals surface area contributed by atoms with Gasteiger partial charge >= 0.3 is 0 Å². The minimum Gasteiger partial charge on any atom is -0.486 e. The zero-order valence-corrected chi connectivity index (χ0v) is 14.9. The topological polar surface area (TPSA) is 73.7 Å². The molecule has 0 N–H and O–H groups in total. The highest BCUT2D eigenvalue weighted by molar-refractivity contribution is 7.89. The van der Waals surface area contributed by atoms with E-state index >= 15 is 0 Å². The molecule has 1 aromatic heterocycles. The number of aromatic nitrogens is 2. The van der Waals surface area contributed by atoms with Crippen LogP contribution in [0.4, 0.5) is 0 Å². The lowest BCUT2D eigenvalue weighted by atomic mass is 10.00. The molecule has 0 saturated carbocycles. The number of sulfonamides is 1. The molecule has 7 nitrogen and oxygen atoms in total. The Morgan fingerprint density at radius 2 is 2.16 bits per heavy atom. The molecule has 134 valence electrons. The lowest BCUT2D eigenvalue weighted by Gasteiger charge is -2.28. The van der Waals surface area contributed by atoms with Crippen molar-refractivity contribution in [2.24, 2.45) is 5.92 Å². The van der Waals surface area contributed by atoms with E-state index in [-0.39, 0.29) is 10.8 Å². The largest absolute Gasteiger partial charge is 0.486 e. The second kappa shape index (κ2) is 6.34. The fourth-order valence-electron chi connectivity index (χ4n) is 3.47. The summed E-state index contributed by atoms with van der Waals surface area (Å²) in [5, 5.41) is 0. The second-order valence-corrected chi connectivity index (χ2v) is 8.48. The molecule has 0 amide bonds. The number of ether oxygens (including phenoxy) is 2. The molecular weight excluding hydrogens is 342 g/mol. The molecule has 3 heterocycles. The average Bonchev–Trinajstić information content (AvgIpc) is 3.09. The van der Waals surface area contributed by atoms with E-state index in [2.05, 4.69) is 9.55 Å². The smallest absolute Gasteiger partial charge is 0.246 e. The molecule has 1 unspecified atom stereocenters. The fraction of sp³-hybridized carbons (Fsp3) is 0.471. The standard InChI is InChI=1S/C17H21N3O4S/c1-19(11-13-5-6-16-18-7-8-20(16)12-13)25(21,22)15-4-2-3-14-17(15)24-10-9-23-14/h2-4,7-8,13H,5-6,9-12H2,1H3. The van der Waals surface area contributed by atoms with E-state index in [0.717, 1.165) is 25.2 Å². The zero-order valence-electron chi connectivity index (χ0n) is 14.1. The maximum atomic E-state index is 13.0. The molecule has 2 aliphatic heterocycles. The van der Waals surface area contributed by atoms with Gasteiger partial charge in [-0.3, -0.25) is 0 Å². The molecule has 0 spiro atoms. The first-order valence-corrected chi connectivity index (χ1v) is 9.84. The number of aryl methyl sites for hydroxylation is 1. The van der Waals surface area contributed by atoms with E-state index in [0.29, 0.717) is 31.3 Å². The predicted octanol–water partition coefficient (Wildman–Crippen LogP) is 1.54. The van der Waals surface area contributed by atoms with Gasteiger partial charge in [-0.1, -0.05) is 6.07 Å². The van der Waals surface area contributed by atoms with Gasteiger partial charge in [-0.05, 0) is 24.5 Å². The quantitative estimate of drug-likeness (QED) is 0.824. The van der Waals surface area contributed by atoms with Crippen molar-refractivity contribution in [1.82, 2.24) is 13.9 Å². The third-order valence-electron chi connectivity index (χ3n) is 4.77. The lowest BCUT2D eigenvalue weighted by Crippen LogP contribution is -2.35. The van der Waals surface area contributed by atoms with Crippen molar-refractivity contribution in [3.05, 3.63) is 36.4 Å². The molecule has 2 aromatic rings. The molecule has 8 heteroatoms. The summed E-state index contributed by atoms with van der Waals surface area (Å²) in [5.41, 5.74) is 0. The van der Waals surface area contributed by atoms with Crippen molar-refractivity contribution >= 4 is 10.0 Å². The lowest BCUT2D eigenvalue weighted by molar-refractivity contribution is 0.166. The first kappa shape index (κ1) is 16.4. The summed E-state index contributed by atoms with van der Waals surface area (Å²) >= 11 is 0. The molecule has 0 fully saturated rings. The van der Waals surface area contributed by atoms with Crippen molar-refractivity contribution in [1.29, 1.82) is 0 Å². The van der Waals surface area contributed by atoms with E-state index in [1.807, 2.05) is 6.20 Å². The summed E-state index contributed by atoms with van der Waals surface area (Å²) in [5.74, 6) is 2.14. The summed E-state index contributed by atoms with van der Waals surface area (Å²) in [7, 11) is -2.01. The van der Waals surface area contributed by atoms with Crippen LogP contribution >= 0.6 is 0 Å². The van der Waals surface area contributed by atoms with E-state index in [1.54, 1.807) is 31.4 Å². The molecule has 0 saturated heterocycles. The number of rotatable bonds is 4.